The molecule has 3 aliphatic rings. The molecule has 0 radical (unpaired) electrons. The smallest absolute Gasteiger partial charge is 0.309 e. The monoisotopic (exact) mass is 546 g/mol. The number of esters is 3. The number of rotatable bonds is 10. The second-order valence-corrected chi connectivity index (χ2v) is 10.4. The third kappa shape index (κ3) is 6.82. The van der Waals surface area contributed by atoms with Gasteiger partial charge in [0, 0.05) is 20.3 Å². The van der Waals surface area contributed by atoms with Gasteiger partial charge in [0.05, 0.1) is 37.6 Å². The maximum absolute atomic E-state index is 12.3. The molecular formula is C25H38O13. The first kappa shape index (κ1) is 30.3. The van der Waals surface area contributed by atoms with Crippen molar-refractivity contribution in [1.29, 1.82) is 0 Å². The minimum atomic E-state index is -1.55. The van der Waals surface area contributed by atoms with E-state index in [-0.39, 0.29) is 25.4 Å². The first-order valence-electron chi connectivity index (χ1n) is 12.7. The van der Waals surface area contributed by atoms with Crippen molar-refractivity contribution >= 4 is 17.9 Å². The number of hydrogen-bond acceptors (Lipinski definition) is 13. The number of fused-ring (bicyclic) bond motifs is 1. The maximum atomic E-state index is 12.3. The number of aliphatic hydroxyl groups is 4. The Hall–Kier alpha value is -2.29. The van der Waals surface area contributed by atoms with E-state index in [4.69, 9.17) is 28.4 Å². The lowest BCUT2D eigenvalue weighted by atomic mass is 9.81. The number of ether oxygens (including phenoxy) is 6. The highest BCUT2D eigenvalue weighted by Gasteiger charge is 2.56. The number of aliphatic hydroxyl groups excluding tert-OH is 3. The predicted molar refractivity (Wildman–Crippen MR) is 126 cm³/mol. The lowest BCUT2D eigenvalue weighted by molar-refractivity contribution is -0.304. The molecule has 1 aliphatic carbocycles. The van der Waals surface area contributed by atoms with Gasteiger partial charge < -0.3 is 48.8 Å². The molecule has 13 heteroatoms. The molecule has 2 aliphatic heterocycles. The van der Waals surface area contributed by atoms with Crippen molar-refractivity contribution < 1.29 is 63.2 Å². The topological polar surface area (TPSA) is 188 Å². The molecule has 0 amide bonds. The van der Waals surface area contributed by atoms with E-state index in [2.05, 4.69) is 0 Å². The van der Waals surface area contributed by atoms with Crippen molar-refractivity contribution in [3.63, 3.8) is 0 Å². The molecule has 0 spiro atoms. The van der Waals surface area contributed by atoms with Crippen molar-refractivity contribution in [1.82, 2.24) is 0 Å². The Kier molecular flexibility index (Phi) is 10.1. The van der Waals surface area contributed by atoms with Crippen LogP contribution in [-0.4, -0.2) is 101 Å². The Bertz CT molecular complexity index is 888. The van der Waals surface area contributed by atoms with Crippen molar-refractivity contribution in [2.24, 2.45) is 17.8 Å². The van der Waals surface area contributed by atoms with Gasteiger partial charge in [0.25, 0.3) is 0 Å². The van der Waals surface area contributed by atoms with Crippen LogP contribution in [-0.2, 0) is 42.8 Å². The molecule has 216 valence electrons. The molecule has 0 aromatic heterocycles. The van der Waals surface area contributed by atoms with E-state index in [1.54, 1.807) is 0 Å². The van der Waals surface area contributed by atoms with E-state index < -0.39 is 85.6 Å². The highest BCUT2D eigenvalue weighted by Crippen LogP contribution is 2.49. The fraction of sp³-hybridized carbons (Fsp3) is 0.800. The minimum Gasteiger partial charge on any atom is -0.462 e. The Morgan fingerprint density at radius 3 is 2.32 bits per heavy atom. The van der Waals surface area contributed by atoms with Gasteiger partial charge in [0.2, 0.25) is 6.29 Å². The third-order valence-corrected chi connectivity index (χ3v) is 6.98. The van der Waals surface area contributed by atoms with Crippen molar-refractivity contribution in [2.75, 3.05) is 19.8 Å². The molecule has 0 unspecified atom stereocenters. The van der Waals surface area contributed by atoms with Crippen molar-refractivity contribution in [2.45, 2.75) is 89.6 Å². The fourth-order valence-electron chi connectivity index (χ4n) is 5.25. The summed E-state index contributed by atoms with van der Waals surface area (Å²) in [6.07, 6.45) is -5.69. The summed E-state index contributed by atoms with van der Waals surface area (Å²) < 4.78 is 33.2. The molecule has 2 heterocycles. The summed E-state index contributed by atoms with van der Waals surface area (Å²) in [7, 11) is 0. The zero-order valence-corrected chi connectivity index (χ0v) is 22.0. The molecule has 4 N–H and O–H groups in total. The number of carbonyl (C=O) groups is 3. The zero-order valence-electron chi connectivity index (χ0n) is 22.0. The van der Waals surface area contributed by atoms with E-state index in [1.807, 2.05) is 13.8 Å². The largest absolute Gasteiger partial charge is 0.462 e. The molecule has 1 saturated heterocycles. The van der Waals surface area contributed by atoms with E-state index >= 15 is 0 Å². The summed E-state index contributed by atoms with van der Waals surface area (Å²) in [5, 5.41) is 41.2. The Labute approximate surface area is 220 Å². The van der Waals surface area contributed by atoms with Gasteiger partial charge in [-0.2, -0.15) is 0 Å². The van der Waals surface area contributed by atoms with Crippen LogP contribution in [0.3, 0.4) is 0 Å². The Balaban J connectivity index is 1.80. The third-order valence-electron chi connectivity index (χ3n) is 6.98. The predicted octanol–water partition coefficient (Wildman–Crippen LogP) is -0.476. The molecule has 2 fully saturated rings. The van der Waals surface area contributed by atoms with Gasteiger partial charge in [-0.15, -0.1) is 0 Å². The Morgan fingerprint density at radius 2 is 1.74 bits per heavy atom. The lowest BCUT2D eigenvalue weighted by Gasteiger charge is -2.43. The number of carbonyl (C=O) groups excluding carboxylic acids is 3. The Morgan fingerprint density at radius 1 is 1.08 bits per heavy atom. The van der Waals surface area contributed by atoms with Gasteiger partial charge in [-0.05, 0) is 30.3 Å². The van der Waals surface area contributed by atoms with Crippen LogP contribution in [0, 0.1) is 17.8 Å². The molecule has 9 atom stereocenters. The van der Waals surface area contributed by atoms with E-state index in [1.165, 1.54) is 6.26 Å². The van der Waals surface area contributed by atoms with Gasteiger partial charge in [-0.3, -0.25) is 14.4 Å². The van der Waals surface area contributed by atoms with Gasteiger partial charge >= 0.3 is 17.9 Å². The van der Waals surface area contributed by atoms with Crippen LogP contribution in [0.25, 0.3) is 0 Å². The van der Waals surface area contributed by atoms with Crippen molar-refractivity contribution in [3.8, 4) is 0 Å². The number of hydrogen-bond donors (Lipinski definition) is 4. The normalized spacial score (nSPS) is 36.6. The minimum absolute atomic E-state index is 0.0550. The molecule has 38 heavy (non-hydrogen) atoms. The molecule has 0 bridgehead atoms. The van der Waals surface area contributed by atoms with Crippen LogP contribution in [0.2, 0.25) is 0 Å². The second-order valence-electron chi connectivity index (χ2n) is 10.4. The lowest BCUT2D eigenvalue weighted by Crippen LogP contribution is -2.61. The summed E-state index contributed by atoms with van der Waals surface area (Å²) in [5.41, 5.74) is -1.00. The van der Waals surface area contributed by atoms with E-state index in [0.29, 0.717) is 12.0 Å². The zero-order chi connectivity index (χ0) is 28.2. The highest BCUT2D eigenvalue weighted by atomic mass is 16.7. The van der Waals surface area contributed by atoms with Gasteiger partial charge in [-0.1, -0.05) is 13.8 Å². The summed E-state index contributed by atoms with van der Waals surface area (Å²) >= 11 is 0. The second kappa shape index (κ2) is 12.7. The summed E-state index contributed by atoms with van der Waals surface area (Å²) in [6.45, 7) is 4.61. The standard InChI is InChI=1S/C25H38O13/c1-12(2)7-18(30)38-23-19-16(5-6-25(19,32)11-27)15(9-33-23)10-34-24-22(36-14(4)29)21(35-13(3)28)20(31)17(8-26)37-24/h9,12,16-17,19-24,26-27,31-32H,5-8,10-11H2,1-4H3/t16-,17+,19-,20+,21-,22+,23+,24+,25+/m1/s1. The van der Waals surface area contributed by atoms with Crippen LogP contribution in [0.15, 0.2) is 11.8 Å². The SMILES string of the molecule is CC(=O)O[C@@H]1[C@@H](OCC2=CO[C@@H](OC(=O)CC(C)C)[C@H]3[C@@H]2CC[C@]3(O)CO)O[C@@H](CO)[C@H](O)[C@H]1OC(C)=O. The first-order chi connectivity index (χ1) is 17.9. The van der Waals surface area contributed by atoms with Gasteiger partial charge in [-0.25, -0.2) is 0 Å². The maximum Gasteiger partial charge on any atom is 0.309 e. The molecule has 0 aromatic carbocycles. The fourth-order valence-corrected chi connectivity index (χ4v) is 5.25. The van der Waals surface area contributed by atoms with Crippen LogP contribution in [0.5, 0.6) is 0 Å². The summed E-state index contributed by atoms with van der Waals surface area (Å²) in [5.74, 6) is -3.09. The average Bonchev–Trinajstić information content (AvgIpc) is 3.19. The average molecular weight is 547 g/mol. The van der Waals surface area contributed by atoms with Gasteiger partial charge in [0.15, 0.2) is 18.5 Å². The molecule has 13 nitrogen and oxygen atoms in total. The van der Waals surface area contributed by atoms with Crippen LogP contribution >= 0.6 is 0 Å². The van der Waals surface area contributed by atoms with E-state index in [9.17, 15) is 34.8 Å². The summed E-state index contributed by atoms with van der Waals surface area (Å²) in [4.78, 5) is 35.7. The van der Waals surface area contributed by atoms with E-state index in [0.717, 1.165) is 13.8 Å². The van der Waals surface area contributed by atoms with Crippen LogP contribution in [0.4, 0.5) is 0 Å². The van der Waals surface area contributed by atoms with Crippen LogP contribution in [0.1, 0.15) is 47.0 Å². The molecular weight excluding hydrogens is 508 g/mol. The highest BCUT2D eigenvalue weighted by molar-refractivity contribution is 5.69. The molecule has 0 aromatic rings. The van der Waals surface area contributed by atoms with Crippen molar-refractivity contribution in [3.05, 3.63) is 11.8 Å². The summed E-state index contributed by atoms with van der Waals surface area (Å²) in [6, 6.07) is 0. The van der Waals surface area contributed by atoms with Gasteiger partial charge in [0.1, 0.15) is 12.2 Å². The van der Waals surface area contributed by atoms with Crippen LogP contribution < -0.4 is 0 Å². The first-order valence-corrected chi connectivity index (χ1v) is 12.7. The molecule has 3 rings (SSSR count). The molecule has 1 saturated carbocycles. The quantitative estimate of drug-likeness (QED) is 0.203.